The molecule has 0 bridgehead atoms. The van der Waals surface area contributed by atoms with Crippen LogP contribution in [-0.2, 0) is 6.42 Å². The lowest BCUT2D eigenvalue weighted by molar-refractivity contribution is 0.284. The number of aromatic nitrogens is 2. The first-order valence-corrected chi connectivity index (χ1v) is 8.32. The minimum absolute atomic E-state index is 0.720. The highest BCUT2D eigenvalue weighted by Crippen LogP contribution is 2.23. The average Bonchev–Trinajstić information content (AvgIpc) is 2.44. The van der Waals surface area contributed by atoms with Crippen molar-refractivity contribution in [3.8, 4) is 5.88 Å². The van der Waals surface area contributed by atoms with Crippen LogP contribution in [0.5, 0.6) is 5.88 Å². The molecular weight excluding hydrogens is 262 g/mol. The van der Waals surface area contributed by atoms with Crippen molar-refractivity contribution in [1.29, 1.82) is 0 Å². The Morgan fingerprint density at radius 1 is 1.14 bits per heavy atom. The van der Waals surface area contributed by atoms with Gasteiger partial charge in [-0.15, -0.1) is 0 Å². The molecule has 4 nitrogen and oxygen atoms in total. The topological polar surface area (TPSA) is 47.0 Å². The maximum atomic E-state index is 5.90. The standard InChI is InChI=1S/C17H31N3O/c1-6-9-15-19-16(18-11-7-2)14(5)17(20-15)21-12-8-10-13(3)4/h13H,6-12H2,1-5H3,(H,18,19,20). The summed E-state index contributed by atoms with van der Waals surface area (Å²) >= 11 is 0. The molecule has 1 N–H and O–H groups in total. The van der Waals surface area contributed by atoms with Crippen molar-refractivity contribution < 1.29 is 4.74 Å². The summed E-state index contributed by atoms with van der Waals surface area (Å²) in [5.41, 5.74) is 1.02. The summed E-state index contributed by atoms with van der Waals surface area (Å²) in [5.74, 6) is 3.27. The maximum absolute atomic E-state index is 5.90. The van der Waals surface area contributed by atoms with Gasteiger partial charge in [0.15, 0.2) is 0 Å². The highest BCUT2D eigenvalue weighted by atomic mass is 16.5. The van der Waals surface area contributed by atoms with Gasteiger partial charge in [-0.2, -0.15) is 4.98 Å². The van der Waals surface area contributed by atoms with Crippen LogP contribution in [0, 0.1) is 12.8 Å². The smallest absolute Gasteiger partial charge is 0.221 e. The maximum Gasteiger partial charge on any atom is 0.221 e. The molecule has 0 unspecified atom stereocenters. The van der Waals surface area contributed by atoms with Crippen molar-refractivity contribution >= 4 is 5.82 Å². The second kappa shape index (κ2) is 9.59. The Kier molecular flexibility index (Phi) is 8.09. The molecule has 0 fully saturated rings. The lowest BCUT2D eigenvalue weighted by Crippen LogP contribution is -2.11. The van der Waals surface area contributed by atoms with Crippen LogP contribution in [0.3, 0.4) is 0 Å². The van der Waals surface area contributed by atoms with Gasteiger partial charge in [0.25, 0.3) is 0 Å². The molecule has 0 radical (unpaired) electrons. The van der Waals surface area contributed by atoms with Crippen molar-refractivity contribution in [2.75, 3.05) is 18.5 Å². The van der Waals surface area contributed by atoms with Gasteiger partial charge in [-0.05, 0) is 38.5 Å². The molecule has 0 aliphatic heterocycles. The van der Waals surface area contributed by atoms with E-state index in [0.29, 0.717) is 0 Å². The molecule has 0 saturated carbocycles. The number of hydrogen-bond acceptors (Lipinski definition) is 4. The van der Waals surface area contributed by atoms with Crippen LogP contribution in [0.25, 0.3) is 0 Å². The summed E-state index contributed by atoms with van der Waals surface area (Å²) in [4.78, 5) is 9.19. The fourth-order valence-electron chi connectivity index (χ4n) is 2.09. The Bertz CT molecular complexity index is 419. The summed E-state index contributed by atoms with van der Waals surface area (Å²) in [6.45, 7) is 12.5. The van der Waals surface area contributed by atoms with Crippen molar-refractivity contribution in [3.63, 3.8) is 0 Å². The summed E-state index contributed by atoms with van der Waals surface area (Å²) in [6, 6.07) is 0. The third-order valence-electron chi connectivity index (χ3n) is 3.33. The van der Waals surface area contributed by atoms with Gasteiger partial charge in [0.2, 0.25) is 5.88 Å². The van der Waals surface area contributed by atoms with Crippen molar-refractivity contribution in [2.45, 2.75) is 66.7 Å². The van der Waals surface area contributed by atoms with E-state index in [1.807, 2.05) is 6.92 Å². The molecule has 21 heavy (non-hydrogen) atoms. The molecule has 1 heterocycles. The van der Waals surface area contributed by atoms with E-state index < -0.39 is 0 Å². The Morgan fingerprint density at radius 2 is 1.90 bits per heavy atom. The van der Waals surface area contributed by atoms with Crippen molar-refractivity contribution in [1.82, 2.24) is 9.97 Å². The third-order valence-corrected chi connectivity index (χ3v) is 3.33. The molecular formula is C17H31N3O. The van der Waals surface area contributed by atoms with Gasteiger partial charge >= 0.3 is 0 Å². The van der Waals surface area contributed by atoms with E-state index in [-0.39, 0.29) is 0 Å². The average molecular weight is 293 g/mol. The van der Waals surface area contributed by atoms with Gasteiger partial charge in [0.05, 0.1) is 12.2 Å². The first kappa shape index (κ1) is 17.7. The number of ether oxygens (including phenoxy) is 1. The Balaban J connectivity index is 2.76. The van der Waals surface area contributed by atoms with Gasteiger partial charge in [0.1, 0.15) is 11.6 Å². The molecule has 120 valence electrons. The Labute approximate surface area is 129 Å². The Hall–Kier alpha value is -1.32. The molecule has 1 aromatic rings. The largest absolute Gasteiger partial charge is 0.477 e. The number of rotatable bonds is 10. The van der Waals surface area contributed by atoms with Crippen LogP contribution in [0.2, 0.25) is 0 Å². The first-order chi connectivity index (χ1) is 10.1. The number of anilines is 1. The quantitative estimate of drug-likeness (QED) is 0.651. The molecule has 0 spiro atoms. The van der Waals surface area contributed by atoms with E-state index in [2.05, 4.69) is 43.0 Å². The SMILES string of the molecule is CCCNc1nc(CCC)nc(OCCCC(C)C)c1C. The van der Waals surface area contributed by atoms with E-state index >= 15 is 0 Å². The van der Waals surface area contributed by atoms with Gasteiger partial charge in [-0.1, -0.05) is 27.7 Å². The van der Waals surface area contributed by atoms with Crippen LogP contribution >= 0.6 is 0 Å². The summed E-state index contributed by atoms with van der Waals surface area (Å²) in [7, 11) is 0. The molecule has 0 atom stereocenters. The lowest BCUT2D eigenvalue weighted by Gasteiger charge is -2.14. The second-order valence-corrected chi connectivity index (χ2v) is 5.98. The van der Waals surface area contributed by atoms with E-state index in [9.17, 15) is 0 Å². The zero-order valence-electron chi connectivity index (χ0n) is 14.3. The zero-order chi connectivity index (χ0) is 15.7. The minimum atomic E-state index is 0.720. The van der Waals surface area contributed by atoms with E-state index in [4.69, 9.17) is 4.74 Å². The van der Waals surface area contributed by atoms with Crippen LogP contribution in [0.4, 0.5) is 5.82 Å². The van der Waals surface area contributed by atoms with E-state index in [1.165, 1.54) is 6.42 Å². The van der Waals surface area contributed by atoms with Gasteiger partial charge < -0.3 is 10.1 Å². The highest BCUT2D eigenvalue weighted by Gasteiger charge is 2.11. The molecule has 0 amide bonds. The van der Waals surface area contributed by atoms with Crippen LogP contribution in [0.15, 0.2) is 0 Å². The molecule has 1 rings (SSSR count). The number of hydrogen-bond donors (Lipinski definition) is 1. The van der Waals surface area contributed by atoms with E-state index in [1.54, 1.807) is 0 Å². The van der Waals surface area contributed by atoms with Crippen LogP contribution in [0.1, 0.15) is 64.8 Å². The summed E-state index contributed by atoms with van der Waals surface area (Å²) in [6.07, 6.45) is 5.28. The summed E-state index contributed by atoms with van der Waals surface area (Å²) in [5, 5.41) is 3.38. The second-order valence-electron chi connectivity index (χ2n) is 5.98. The van der Waals surface area contributed by atoms with Crippen molar-refractivity contribution in [2.24, 2.45) is 5.92 Å². The van der Waals surface area contributed by atoms with Crippen LogP contribution in [-0.4, -0.2) is 23.1 Å². The highest BCUT2D eigenvalue weighted by molar-refractivity contribution is 5.48. The van der Waals surface area contributed by atoms with Crippen molar-refractivity contribution in [3.05, 3.63) is 11.4 Å². The van der Waals surface area contributed by atoms with E-state index in [0.717, 1.165) is 67.8 Å². The summed E-state index contributed by atoms with van der Waals surface area (Å²) < 4.78 is 5.90. The molecule has 0 aliphatic rings. The first-order valence-electron chi connectivity index (χ1n) is 8.32. The number of nitrogens with one attached hydrogen (secondary N) is 1. The fraction of sp³-hybridized carbons (Fsp3) is 0.765. The van der Waals surface area contributed by atoms with Gasteiger partial charge in [-0.3, -0.25) is 0 Å². The van der Waals surface area contributed by atoms with Gasteiger partial charge in [0, 0.05) is 13.0 Å². The molecule has 0 aromatic carbocycles. The molecule has 4 heteroatoms. The lowest BCUT2D eigenvalue weighted by atomic mass is 10.1. The normalized spacial score (nSPS) is 11.0. The van der Waals surface area contributed by atoms with Gasteiger partial charge in [-0.25, -0.2) is 4.98 Å². The molecule has 0 aliphatic carbocycles. The fourth-order valence-corrected chi connectivity index (χ4v) is 2.09. The predicted molar refractivity (Wildman–Crippen MR) is 89.1 cm³/mol. The zero-order valence-corrected chi connectivity index (χ0v) is 14.3. The predicted octanol–water partition coefficient (Wildman–Crippen LogP) is 4.37. The number of nitrogens with zero attached hydrogens (tertiary/aromatic N) is 2. The Morgan fingerprint density at radius 3 is 2.52 bits per heavy atom. The van der Waals surface area contributed by atoms with Crippen LogP contribution < -0.4 is 10.1 Å². The molecule has 0 saturated heterocycles. The molecule has 1 aromatic heterocycles. The minimum Gasteiger partial charge on any atom is -0.477 e. The number of aryl methyl sites for hydroxylation is 1. The monoisotopic (exact) mass is 293 g/mol. The third kappa shape index (κ3) is 6.32.